The van der Waals surface area contributed by atoms with E-state index in [1.165, 1.54) is 0 Å². The highest BCUT2D eigenvalue weighted by atomic mass is 16.8. The molecule has 25 heavy (non-hydrogen) atoms. The quantitative estimate of drug-likeness (QED) is 0.730. The third-order valence-corrected chi connectivity index (χ3v) is 4.68. The minimum absolute atomic E-state index is 0.259. The monoisotopic (exact) mass is 350 g/mol. The Bertz CT molecular complexity index is 589. The van der Waals surface area contributed by atoms with Crippen LogP contribution in [0.4, 0.5) is 0 Å². The first-order valence-electron chi connectivity index (χ1n) is 8.50. The van der Waals surface area contributed by atoms with E-state index in [1.54, 1.807) is 19.9 Å². The molecule has 0 aromatic heterocycles. The van der Waals surface area contributed by atoms with Gasteiger partial charge in [0, 0.05) is 0 Å². The minimum atomic E-state index is -1.32. The Morgan fingerprint density at radius 2 is 1.96 bits per heavy atom. The molecule has 6 heteroatoms. The van der Waals surface area contributed by atoms with Crippen LogP contribution in [-0.4, -0.2) is 52.8 Å². The van der Waals surface area contributed by atoms with Gasteiger partial charge < -0.3 is 29.2 Å². The Hall–Kier alpha value is -1.28. The van der Waals surface area contributed by atoms with Crippen LogP contribution in [0.3, 0.4) is 0 Å². The Kier molecular flexibility index (Phi) is 5.29. The van der Waals surface area contributed by atoms with Gasteiger partial charge in [-0.3, -0.25) is 0 Å². The molecule has 0 radical (unpaired) electrons. The first kappa shape index (κ1) is 18.5. The van der Waals surface area contributed by atoms with Gasteiger partial charge in [0.2, 0.25) is 0 Å². The van der Waals surface area contributed by atoms with Crippen LogP contribution in [0, 0.1) is 0 Å². The lowest BCUT2D eigenvalue weighted by Gasteiger charge is -2.38. The SMILES string of the molecule is C=CC[C@@H](O)[C@@]1(CO)O[C@@H]2OC(C)(C)O[C@@H]2[C@H]1OCc1ccccc1. The topological polar surface area (TPSA) is 77.4 Å². The van der Waals surface area contributed by atoms with Crippen molar-refractivity contribution in [2.45, 2.75) is 62.9 Å². The molecule has 2 saturated heterocycles. The summed E-state index contributed by atoms with van der Waals surface area (Å²) in [5.74, 6) is -0.811. The Morgan fingerprint density at radius 3 is 2.60 bits per heavy atom. The fraction of sp³-hybridized carbons (Fsp3) is 0.579. The van der Waals surface area contributed by atoms with Crippen LogP contribution in [0.5, 0.6) is 0 Å². The maximum atomic E-state index is 10.6. The lowest BCUT2D eigenvalue weighted by Crippen LogP contribution is -2.57. The van der Waals surface area contributed by atoms with Crippen molar-refractivity contribution >= 4 is 0 Å². The first-order valence-corrected chi connectivity index (χ1v) is 8.50. The summed E-state index contributed by atoms with van der Waals surface area (Å²) in [4.78, 5) is 0. The predicted octanol–water partition coefficient (Wildman–Crippen LogP) is 1.75. The van der Waals surface area contributed by atoms with Crippen LogP contribution in [0.2, 0.25) is 0 Å². The number of ether oxygens (including phenoxy) is 4. The summed E-state index contributed by atoms with van der Waals surface area (Å²) in [5.41, 5.74) is -0.344. The van der Waals surface area contributed by atoms with Gasteiger partial charge in [-0.05, 0) is 25.8 Å². The summed E-state index contributed by atoms with van der Waals surface area (Å²) in [6.07, 6.45) is -1.07. The van der Waals surface area contributed by atoms with Crippen molar-refractivity contribution in [2.24, 2.45) is 0 Å². The zero-order chi connectivity index (χ0) is 18.1. The number of fused-ring (bicyclic) bond motifs is 1. The highest BCUT2D eigenvalue weighted by Gasteiger charge is 2.64. The largest absolute Gasteiger partial charge is 0.393 e. The molecule has 5 atom stereocenters. The molecule has 0 spiro atoms. The van der Waals surface area contributed by atoms with Crippen molar-refractivity contribution in [1.82, 2.24) is 0 Å². The van der Waals surface area contributed by atoms with E-state index in [4.69, 9.17) is 18.9 Å². The maximum Gasteiger partial charge on any atom is 0.190 e. The highest BCUT2D eigenvalue weighted by Crippen LogP contribution is 2.45. The molecule has 0 aliphatic carbocycles. The summed E-state index contributed by atoms with van der Waals surface area (Å²) in [7, 11) is 0. The number of hydrogen-bond acceptors (Lipinski definition) is 6. The summed E-state index contributed by atoms with van der Waals surface area (Å²) in [6.45, 7) is 7.14. The fourth-order valence-electron chi connectivity index (χ4n) is 3.47. The van der Waals surface area contributed by atoms with E-state index in [-0.39, 0.29) is 6.42 Å². The van der Waals surface area contributed by atoms with Crippen molar-refractivity contribution in [3.05, 3.63) is 48.6 Å². The third-order valence-electron chi connectivity index (χ3n) is 4.68. The number of benzene rings is 1. The van der Waals surface area contributed by atoms with Gasteiger partial charge >= 0.3 is 0 Å². The van der Waals surface area contributed by atoms with Crippen molar-refractivity contribution in [2.75, 3.05) is 6.61 Å². The van der Waals surface area contributed by atoms with E-state index >= 15 is 0 Å². The molecule has 2 fully saturated rings. The fourth-order valence-corrected chi connectivity index (χ4v) is 3.47. The van der Waals surface area contributed by atoms with Gasteiger partial charge in [-0.15, -0.1) is 6.58 Å². The van der Waals surface area contributed by atoms with Crippen LogP contribution in [-0.2, 0) is 25.6 Å². The molecule has 1 aromatic rings. The lowest BCUT2D eigenvalue weighted by atomic mass is 9.88. The number of aliphatic hydroxyl groups is 2. The molecule has 2 aliphatic heterocycles. The molecule has 1 aromatic carbocycles. The number of rotatable bonds is 7. The van der Waals surface area contributed by atoms with Crippen molar-refractivity contribution in [1.29, 1.82) is 0 Å². The predicted molar refractivity (Wildman–Crippen MR) is 90.6 cm³/mol. The van der Waals surface area contributed by atoms with Gasteiger partial charge in [-0.1, -0.05) is 36.4 Å². The maximum absolute atomic E-state index is 10.6. The smallest absolute Gasteiger partial charge is 0.190 e. The van der Waals surface area contributed by atoms with E-state index in [9.17, 15) is 10.2 Å². The zero-order valence-electron chi connectivity index (χ0n) is 14.6. The van der Waals surface area contributed by atoms with Gasteiger partial charge in [0.25, 0.3) is 0 Å². The molecule has 138 valence electrons. The van der Waals surface area contributed by atoms with Crippen LogP contribution < -0.4 is 0 Å². The average Bonchev–Trinajstić information content (AvgIpc) is 3.03. The van der Waals surface area contributed by atoms with E-state index in [0.717, 1.165) is 5.56 Å². The molecular formula is C19H26O6. The average molecular weight is 350 g/mol. The molecule has 6 nitrogen and oxygen atoms in total. The molecule has 0 saturated carbocycles. The normalized spacial score (nSPS) is 34.6. The van der Waals surface area contributed by atoms with Gasteiger partial charge in [0.1, 0.15) is 17.8 Å². The molecule has 3 rings (SSSR count). The second kappa shape index (κ2) is 7.15. The summed E-state index contributed by atoms with van der Waals surface area (Å²) in [5, 5.41) is 20.7. The number of aliphatic hydroxyl groups excluding tert-OH is 2. The zero-order valence-corrected chi connectivity index (χ0v) is 14.6. The van der Waals surface area contributed by atoms with Gasteiger partial charge in [-0.25, -0.2) is 0 Å². The van der Waals surface area contributed by atoms with Crippen LogP contribution >= 0.6 is 0 Å². The number of hydrogen-bond donors (Lipinski definition) is 2. The van der Waals surface area contributed by atoms with Gasteiger partial charge in [0.15, 0.2) is 12.1 Å². The van der Waals surface area contributed by atoms with Crippen molar-refractivity contribution < 1.29 is 29.2 Å². The Morgan fingerprint density at radius 1 is 1.24 bits per heavy atom. The first-order chi connectivity index (χ1) is 11.9. The Labute approximate surface area is 148 Å². The van der Waals surface area contributed by atoms with E-state index < -0.39 is 42.6 Å². The van der Waals surface area contributed by atoms with E-state index in [2.05, 4.69) is 6.58 Å². The van der Waals surface area contributed by atoms with Crippen molar-refractivity contribution in [3.63, 3.8) is 0 Å². The van der Waals surface area contributed by atoms with Gasteiger partial charge in [-0.2, -0.15) is 0 Å². The second-order valence-electron chi connectivity index (χ2n) is 6.96. The molecule has 2 aliphatic rings. The van der Waals surface area contributed by atoms with E-state index in [1.807, 2.05) is 30.3 Å². The molecule has 0 unspecified atom stereocenters. The van der Waals surface area contributed by atoms with Crippen molar-refractivity contribution in [3.8, 4) is 0 Å². The second-order valence-corrected chi connectivity index (χ2v) is 6.96. The molecule has 0 bridgehead atoms. The van der Waals surface area contributed by atoms with Crippen LogP contribution in [0.25, 0.3) is 0 Å². The third kappa shape index (κ3) is 3.51. The minimum Gasteiger partial charge on any atom is -0.393 e. The van der Waals surface area contributed by atoms with Gasteiger partial charge in [0.05, 0.1) is 19.3 Å². The Balaban J connectivity index is 1.84. The van der Waals surface area contributed by atoms with Crippen LogP contribution in [0.1, 0.15) is 25.8 Å². The summed E-state index contributed by atoms with van der Waals surface area (Å²) >= 11 is 0. The lowest BCUT2D eigenvalue weighted by molar-refractivity contribution is -0.271. The summed E-state index contributed by atoms with van der Waals surface area (Å²) < 4.78 is 23.7. The standard InChI is InChI=1S/C19H26O6/c1-4-8-14(21)19(12-20)16(22-11-13-9-6-5-7-10-13)15-17(25-19)24-18(2,3)23-15/h4-7,9-10,14-17,20-21H,1,8,11-12H2,2-3H3/t14-,15-,16-,17+,19-/m1/s1. The highest BCUT2D eigenvalue weighted by molar-refractivity contribution is 5.14. The van der Waals surface area contributed by atoms with E-state index in [0.29, 0.717) is 6.61 Å². The molecule has 0 amide bonds. The molecule has 2 N–H and O–H groups in total. The summed E-state index contributed by atoms with van der Waals surface area (Å²) in [6, 6.07) is 9.68. The molecule has 2 heterocycles. The van der Waals surface area contributed by atoms with Crippen LogP contribution in [0.15, 0.2) is 43.0 Å². The molecular weight excluding hydrogens is 324 g/mol.